The summed E-state index contributed by atoms with van der Waals surface area (Å²) in [5, 5.41) is 8.77. The van der Waals surface area contributed by atoms with Gasteiger partial charge in [-0.1, -0.05) is 13.8 Å². The van der Waals surface area contributed by atoms with Gasteiger partial charge in [0.1, 0.15) is 10.6 Å². The van der Waals surface area contributed by atoms with Crippen LogP contribution in [0, 0.1) is 5.41 Å². The molecule has 0 amide bonds. The molecule has 106 valence electrons. The summed E-state index contributed by atoms with van der Waals surface area (Å²) >= 11 is 0. The molecule has 1 saturated carbocycles. The molecule has 7 heteroatoms. The predicted molar refractivity (Wildman–Crippen MR) is 69.5 cm³/mol. The topological polar surface area (TPSA) is 99.3 Å². The number of rotatable bonds is 4. The zero-order valence-electron chi connectivity index (χ0n) is 10.9. The number of aromatic carboxylic acids is 1. The minimum atomic E-state index is -3.65. The Bertz CT molecular complexity index is 589. The molecule has 6 nitrogen and oxygen atoms in total. The van der Waals surface area contributed by atoms with Crippen molar-refractivity contribution in [3.05, 3.63) is 18.0 Å². The van der Waals surface area contributed by atoms with Gasteiger partial charge in [0, 0.05) is 12.2 Å². The molecule has 1 aromatic heterocycles. The third-order valence-electron chi connectivity index (χ3n) is 3.49. The van der Waals surface area contributed by atoms with Crippen molar-refractivity contribution < 1.29 is 18.3 Å². The van der Waals surface area contributed by atoms with Crippen molar-refractivity contribution in [3.8, 4) is 0 Å². The Kier molecular flexibility index (Phi) is 3.44. The molecule has 1 heterocycles. The van der Waals surface area contributed by atoms with E-state index in [-0.39, 0.29) is 22.0 Å². The molecule has 0 aromatic carbocycles. The number of carbonyl (C=O) groups is 1. The van der Waals surface area contributed by atoms with Gasteiger partial charge in [0.25, 0.3) is 0 Å². The average Bonchev–Trinajstić information content (AvgIpc) is 2.84. The molecule has 0 saturated heterocycles. The third kappa shape index (κ3) is 3.16. The van der Waals surface area contributed by atoms with E-state index >= 15 is 0 Å². The lowest BCUT2D eigenvalue weighted by atomic mass is 9.92. The van der Waals surface area contributed by atoms with Crippen LogP contribution in [0.4, 0.5) is 0 Å². The quantitative estimate of drug-likeness (QED) is 0.782. The van der Waals surface area contributed by atoms with E-state index in [9.17, 15) is 13.2 Å². The number of aromatic nitrogens is 1. The van der Waals surface area contributed by atoms with Gasteiger partial charge in [0.15, 0.2) is 0 Å². The highest BCUT2D eigenvalue weighted by atomic mass is 32.2. The number of sulfonamides is 1. The maximum absolute atomic E-state index is 12.1. The zero-order valence-corrected chi connectivity index (χ0v) is 11.8. The van der Waals surface area contributed by atoms with Crippen LogP contribution < -0.4 is 4.72 Å². The first-order valence-corrected chi connectivity index (χ1v) is 7.62. The molecule has 0 bridgehead atoms. The molecule has 1 aliphatic rings. The van der Waals surface area contributed by atoms with Crippen LogP contribution in [-0.2, 0) is 10.0 Å². The van der Waals surface area contributed by atoms with Crippen LogP contribution >= 0.6 is 0 Å². The highest BCUT2D eigenvalue weighted by Gasteiger charge is 2.33. The Labute approximate surface area is 112 Å². The molecule has 2 rings (SSSR count). The van der Waals surface area contributed by atoms with Crippen LogP contribution in [0.3, 0.4) is 0 Å². The fourth-order valence-electron chi connectivity index (χ4n) is 2.48. The summed E-state index contributed by atoms with van der Waals surface area (Å²) in [4.78, 5) is 13.1. The first-order chi connectivity index (χ1) is 8.70. The second kappa shape index (κ2) is 4.64. The van der Waals surface area contributed by atoms with Crippen LogP contribution in [0.5, 0.6) is 0 Å². The normalized spacial score (nSPS) is 22.5. The lowest BCUT2D eigenvalue weighted by Crippen LogP contribution is -2.33. The number of hydrogen-bond donors (Lipinski definition) is 3. The zero-order chi connectivity index (χ0) is 14.3. The van der Waals surface area contributed by atoms with Gasteiger partial charge in [0.05, 0.1) is 0 Å². The summed E-state index contributed by atoms with van der Waals surface area (Å²) in [6, 6.07) is 1.05. The molecule has 3 N–H and O–H groups in total. The van der Waals surface area contributed by atoms with Crippen LogP contribution in [0.2, 0.25) is 0 Å². The standard InChI is InChI=1S/C12H18N2O4S/c1-12(2)4-3-8(6-12)14-19(17,18)9-5-10(11(15)16)13-7-9/h5,7-8,13-14H,3-4,6H2,1-2H3,(H,15,16). The van der Waals surface area contributed by atoms with Gasteiger partial charge < -0.3 is 10.1 Å². The second-order valence-electron chi connectivity index (χ2n) is 5.78. The van der Waals surface area contributed by atoms with Gasteiger partial charge >= 0.3 is 5.97 Å². The Morgan fingerprint density at radius 3 is 2.68 bits per heavy atom. The minimum absolute atomic E-state index is 0.0328. The highest BCUT2D eigenvalue weighted by molar-refractivity contribution is 7.89. The van der Waals surface area contributed by atoms with Crippen LogP contribution in [0.25, 0.3) is 0 Å². The molecule has 1 fully saturated rings. The van der Waals surface area contributed by atoms with Gasteiger partial charge in [-0.2, -0.15) is 0 Å². The van der Waals surface area contributed by atoms with E-state index in [1.807, 2.05) is 0 Å². The van der Waals surface area contributed by atoms with E-state index in [1.54, 1.807) is 0 Å². The molecular weight excluding hydrogens is 268 g/mol. The molecule has 0 aliphatic heterocycles. The fraction of sp³-hybridized carbons (Fsp3) is 0.583. The smallest absolute Gasteiger partial charge is 0.352 e. The number of carboxylic acid groups (broad SMARTS) is 1. The van der Waals surface area contributed by atoms with Crippen molar-refractivity contribution in [1.82, 2.24) is 9.71 Å². The van der Waals surface area contributed by atoms with E-state index < -0.39 is 16.0 Å². The second-order valence-corrected chi connectivity index (χ2v) is 7.49. The SMILES string of the molecule is CC1(C)CCC(NS(=O)(=O)c2c[nH]c(C(=O)O)c2)C1. The molecule has 0 radical (unpaired) electrons. The van der Waals surface area contributed by atoms with Gasteiger partial charge in [-0.3, -0.25) is 0 Å². The number of aromatic amines is 1. The van der Waals surface area contributed by atoms with Gasteiger partial charge in [-0.25, -0.2) is 17.9 Å². The predicted octanol–water partition coefficient (Wildman–Crippen LogP) is 1.57. The minimum Gasteiger partial charge on any atom is -0.477 e. The Morgan fingerprint density at radius 2 is 2.21 bits per heavy atom. The van der Waals surface area contributed by atoms with E-state index in [4.69, 9.17) is 5.11 Å². The average molecular weight is 286 g/mol. The highest BCUT2D eigenvalue weighted by Crippen LogP contribution is 2.37. The number of H-pyrrole nitrogens is 1. The van der Waals surface area contributed by atoms with Gasteiger partial charge in [0.2, 0.25) is 10.0 Å². The first kappa shape index (κ1) is 14.1. The molecule has 0 spiro atoms. The Balaban J connectivity index is 2.12. The van der Waals surface area contributed by atoms with Crippen LogP contribution in [0.15, 0.2) is 17.2 Å². The van der Waals surface area contributed by atoms with E-state index in [2.05, 4.69) is 23.6 Å². The van der Waals surface area contributed by atoms with Gasteiger partial charge in [-0.05, 0) is 30.7 Å². The fourth-order valence-corrected chi connectivity index (χ4v) is 3.74. The van der Waals surface area contributed by atoms with E-state index in [0.29, 0.717) is 0 Å². The van der Waals surface area contributed by atoms with Crippen molar-refractivity contribution in [3.63, 3.8) is 0 Å². The van der Waals surface area contributed by atoms with Gasteiger partial charge in [-0.15, -0.1) is 0 Å². The molecule has 1 aromatic rings. The third-order valence-corrected chi connectivity index (χ3v) is 4.99. The van der Waals surface area contributed by atoms with Crippen LogP contribution in [-0.4, -0.2) is 30.5 Å². The summed E-state index contributed by atoms with van der Waals surface area (Å²) in [5.74, 6) is -1.18. The first-order valence-electron chi connectivity index (χ1n) is 6.14. The monoisotopic (exact) mass is 286 g/mol. The molecule has 1 unspecified atom stereocenters. The lowest BCUT2D eigenvalue weighted by Gasteiger charge is -2.17. The van der Waals surface area contributed by atoms with Crippen molar-refractivity contribution in [2.45, 2.75) is 44.0 Å². The van der Waals surface area contributed by atoms with Crippen molar-refractivity contribution in [2.24, 2.45) is 5.41 Å². The number of nitrogens with one attached hydrogen (secondary N) is 2. The molecule has 19 heavy (non-hydrogen) atoms. The summed E-state index contributed by atoms with van der Waals surface area (Å²) in [7, 11) is -3.65. The summed E-state index contributed by atoms with van der Waals surface area (Å²) < 4.78 is 26.9. The molecule has 1 aliphatic carbocycles. The largest absolute Gasteiger partial charge is 0.477 e. The van der Waals surface area contributed by atoms with Crippen molar-refractivity contribution in [1.29, 1.82) is 0 Å². The summed E-state index contributed by atoms with van der Waals surface area (Å²) in [6.45, 7) is 4.22. The number of hydrogen-bond acceptors (Lipinski definition) is 3. The van der Waals surface area contributed by atoms with E-state index in [1.165, 1.54) is 6.20 Å². The molecular formula is C12H18N2O4S. The lowest BCUT2D eigenvalue weighted by molar-refractivity contribution is 0.0691. The maximum Gasteiger partial charge on any atom is 0.352 e. The summed E-state index contributed by atoms with van der Waals surface area (Å²) in [5.41, 5.74) is 0.0181. The Morgan fingerprint density at radius 1 is 1.53 bits per heavy atom. The Hall–Kier alpha value is -1.34. The molecule has 1 atom stereocenters. The summed E-state index contributed by atoms with van der Waals surface area (Å²) in [6.07, 6.45) is 3.78. The van der Waals surface area contributed by atoms with Crippen molar-refractivity contribution in [2.75, 3.05) is 0 Å². The van der Waals surface area contributed by atoms with E-state index in [0.717, 1.165) is 25.3 Å². The maximum atomic E-state index is 12.1. The van der Waals surface area contributed by atoms with Crippen molar-refractivity contribution >= 4 is 16.0 Å². The number of carboxylic acids is 1. The van der Waals surface area contributed by atoms with Crippen LogP contribution in [0.1, 0.15) is 43.6 Å².